The van der Waals surface area contributed by atoms with Crippen LogP contribution in [0.5, 0.6) is 11.6 Å². The molecule has 0 aliphatic rings. The van der Waals surface area contributed by atoms with E-state index in [0.717, 1.165) is 5.56 Å². The molecule has 0 aliphatic carbocycles. The van der Waals surface area contributed by atoms with E-state index in [9.17, 15) is 8.42 Å². The summed E-state index contributed by atoms with van der Waals surface area (Å²) in [5.41, 5.74) is 1.94. The summed E-state index contributed by atoms with van der Waals surface area (Å²) in [5, 5.41) is 0. The molecule has 0 amide bonds. The van der Waals surface area contributed by atoms with Crippen molar-refractivity contribution in [3.63, 3.8) is 0 Å². The highest BCUT2D eigenvalue weighted by Gasteiger charge is 2.19. The summed E-state index contributed by atoms with van der Waals surface area (Å²) in [5.74, 6) is 1.34. The zero-order valence-corrected chi connectivity index (χ0v) is 15.6. The lowest BCUT2D eigenvalue weighted by atomic mass is 10.1. The average molecular weight is 390 g/mol. The van der Waals surface area contributed by atoms with Crippen LogP contribution in [0.15, 0.2) is 47.0 Å². The van der Waals surface area contributed by atoms with Crippen LogP contribution < -0.4 is 9.47 Å². The maximum Gasteiger partial charge on any atom is 0.265 e. The molecule has 9 heteroatoms. The second-order valence-corrected chi connectivity index (χ2v) is 7.21. The second-order valence-electron chi connectivity index (χ2n) is 5.64. The molecule has 0 bridgehead atoms. The van der Waals surface area contributed by atoms with E-state index in [1.165, 1.54) is 7.11 Å². The first kappa shape index (κ1) is 18.9. The van der Waals surface area contributed by atoms with Gasteiger partial charge in [0.15, 0.2) is 11.7 Å². The molecule has 0 aliphatic heterocycles. The van der Waals surface area contributed by atoms with Crippen molar-refractivity contribution in [2.24, 2.45) is 0 Å². The van der Waals surface area contributed by atoms with E-state index in [4.69, 9.17) is 18.4 Å². The number of nitrogens with zero attached hydrogens (tertiary/aromatic N) is 2. The third kappa shape index (κ3) is 4.63. The number of benzene rings is 1. The smallest absolute Gasteiger partial charge is 0.265 e. The summed E-state index contributed by atoms with van der Waals surface area (Å²) < 4.78 is 47.0. The van der Waals surface area contributed by atoms with Gasteiger partial charge in [-0.05, 0) is 30.3 Å². The Labute approximate surface area is 156 Å². The van der Waals surface area contributed by atoms with E-state index in [0.29, 0.717) is 28.6 Å². The first-order valence-corrected chi connectivity index (χ1v) is 9.60. The number of methoxy groups -OCH3 is 2. The van der Waals surface area contributed by atoms with Crippen molar-refractivity contribution in [1.29, 1.82) is 0 Å². The van der Waals surface area contributed by atoms with Crippen LogP contribution in [0, 0.1) is 0 Å². The molecule has 142 valence electrons. The molecular formula is C18H18N2O6S. The van der Waals surface area contributed by atoms with Gasteiger partial charge in [-0.1, -0.05) is 0 Å². The summed E-state index contributed by atoms with van der Waals surface area (Å²) in [7, 11) is -1.02. The Morgan fingerprint density at radius 2 is 1.74 bits per heavy atom. The summed E-state index contributed by atoms with van der Waals surface area (Å²) in [6, 6.07) is 10.7. The van der Waals surface area contributed by atoms with Gasteiger partial charge in [0.2, 0.25) is 5.88 Å². The molecule has 0 saturated carbocycles. The Kier molecular flexibility index (Phi) is 5.43. The van der Waals surface area contributed by atoms with Crippen molar-refractivity contribution < 1.29 is 26.9 Å². The highest BCUT2D eigenvalue weighted by atomic mass is 32.2. The molecule has 1 aromatic carbocycles. The molecule has 0 saturated heterocycles. The van der Waals surface area contributed by atoms with Crippen LogP contribution >= 0.6 is 0 Å². The fraction of sp³-hybridized carbons (Fsp3) is 0.222. The van der Waals surface area contributed by atoms with Gasteiger partial charge in [0.1, 0.15) is 11.4 Å². The minimum Gasteiger partial charge on any atom is -0.497 e. The van der Waals surface area contributed by atoms with Gasteiger partial charge in [-0.25, -0.2) is 9.97 Å². The number of hydrogen-bond donors (Lipinski definition) is 1. The zero-order chi connectivity index (χ0) is 19.4. The lowest BCUT2D eigenvalue weighted by molar-refractivity contribution is 0.398. The van der Waals surface area contributed by atoms with E-state index in [1.807, 2.05) is 12.1 Å². The number of pyridine rings is 1. The van der Waals surface area contributed by atoms with Crippen molar-refractivity contribution in [2.75, 3.05) is 20.0 Å². The quantitative estimate of drug-likeness (QED) is 0.613. The van der Waals surface area contributed by atoms with Gasteiger partial charge in [0.05, 0.1) is 20.0 Å². The molecule has 0 atom stereocenters. The van der Waals surface area contributed by atoms with Crippen LogP contribution in [-0.4, -0.2) is 42.9 Å². The SMILES string of the molecule is COc1ccc(-c2oc(CCS(=O)(=O)O)nc2-c2ccc(OC)nc2)cc1. The van der Waals surface area contributed by atoms with Crippen molar-refractivity contribution in [1.82, 2.24) is 9.97 Å². The zero-order valence-electron chi connectivity index (χ0n) is 14.7. The number of oxazole rings is 1. The first-order chi connectivity index (χ1) is 12.9. The van der Waals surface area contributed by atoms with E-state index in [2.05, 4.69) is 9.97 Å². The number of rotatable bonds is 7. The molecule has 8 nitrogen and oxygen atoms in total. The Bertz CT molecular complexity index is 946. The number of ether oxygens (including phenoxy) is 2. The largest absolute Gasteiger partial charge is 0.497 e. The first-order valence-electron chi connectivity index (χ1n) is 7.99. The van der Waals surface area contributed by atoms with Gasteiger partial charge in [-0.2, -0.15) is 8.42 Å². The fourth-order valence-corrected chi connectivity index (χ4v) is 2.90. The van der Waals surface area contributed by atoms with Crippen molar-refractivity contribution in [3.05, 3.63) is 48.5 Å². The van der Waals surface area contributed by atoms with Crippen LogP contribution in [0.2, 0.25) is 0 Å². The topological polar surface area (TPSA) is 112 Å². The maximum atomic E-state index is 11.0. The molecule has 0 unspecified atom stereocenters. The molecule has 2 heterocycles. The van der Waals surface area contributed by atoms with Crippen LogP contribution in [-0.2, 0) is 16.5 Å². The van der Waals surface area contributed by atoms with E-state index in [1.54, 1.807) is 37.6 Å². The van der Waals surface area contributed by atoms with Gasteiger partial charge in [0.25, 0.3) is 10.1 Å². The highest BCUT2D eigenvalue weighted by Crippen LogP contribution is 2.34. The summed E-state index contributed by atoms with van der Waals surface area (Å²) in [4.78, 5) is 8.57. The minimum atomic E-state index is -4.12. The molecule has 27 heavy (non-hydrogen) atoms. The van der Waals surface area contributed by atoms with Crippen LogP contribution in [0.25, 0.3) is 22.6 Å². The van der Waals surface area contributed by atoms with Gasteiger partial charge in [-0.15, -0.1) is 0 Å². The Morgan fingerprint density at radius 1 is 1.04 bits per heavy atom. The lowest BCUT2D eigenvalue weighted by Gasteiger charge is -2.04. The Hall–Kier alpha value is -2.91. The van der Waals surface area contributed by atoms with Gasteiger partial charge in [-0.3, -0.25) is 4.55 Å². The fourth-order valence-electron chi connectivity index (χ4n) is 2.46. The summed E-state index contributed by atoms with van der Waals surface area (Å²) >= 11 is 0. The Morgan fingerprint density at radius 3 is 2.30 bits per heavy atom. The second kappa shape index (κ2) is 7.77. The number of aromatic nitrogens is 2. The predicted molar refractivity (Wildman–Crippen MR) is 98.4 cm³/mol. The normalized spacial score (nSPS) is 11.4. The third-order valence-corrected chi connectivity index (χ3v) is 4.54. The highest BCUT2D eigenvalue weighted by molar-refractivity contribution is 7.85. The molecule has 0 fully saturated rings. The van der Waals surface area contributed by atoms with Gasteiger partial charge < -0.3 is 13.9 Å². The molecular weight excluding hydrogens is 372 g/mol. The molecule has 3 rings (SSSR count). The van der Waals surface area contributed by atoms with Crippen molar-refractivity contribution >= 4 is 10.1 Å². The summed E-state index contributed by atoms with van der Waals surface area (Å²) in [6.07, 6.45) is 1.54. The van der Waals surface area contributed by atoms with Crippen molar-refractivity contribution in [3.8, 4) is 34.2 Å². The summed E-state index contributed by atoms with van der Waals surface area (Å²) in [6.45, 7) is 0. The average Bonchev–Trinajstić information content (AvgIpc) is 3.10. The Balaban J connectivity index is 2.03. The standard InChI is InChI=1S/C18H18N2O6S/c1-24-14-6-3-12(4-7-14)18-17(13-5-8-15(25-2)19-11-13)20-16(26-18)9-10-27(21,22)23/h3-8,11H,9-10H2,1-2H3,(H,21,22,23). The predicted octanol–water partition coefficient (Wildman–Crippen LogP) is 2.85. The van der Waals surface area contributed by atoms with E-state index >= 15 is 0 Å². The molecule has 3 aromatic rings. The maximum absolute atomic E-state index is 11.0. The van der Waals surface area contributed by atoms with Gasteiger partial charge in [0, 0.05) is 29.8 Å². The number of aryl methyl sites for hydroxylation is 1. The molecule has 0 radical (unpaired) electrons. The van der Waals surface area contributed by atoms with Crippen LogP contribution in [0.4, 0.5) is 0 Å². The molecule has 0 spiro atoms. The minimum absolute atomic E-state index is 0.0500. The van der Waals surface area contributed by atoms with E-state index in [-0.39, 0.29) is 12.3 Å². The van der Waals surface area contributed by atoms with Gasteiger partial charge >= 0.3 is 0 Å². The van der Waals surface area contributed by atoms with Crippen LogP contribution in [0.1, 0.15) is 5.89 Å². The number of hydrogen-bond acceptors (Lipinski definition) is 7. The van der Waals surface area contributed by atoms with Crippen molar-refractivity contribution in [2.45, 2.75) is 6.42 Å². The van der Waals surface area contributed by atoms with Crippen LogP contribution in [0.3, 0.4) is 0 Å². The monoisotopic (exact) mass is 390 g/mol. The van der Waals surface area contributed by atoms with E-state index < -0.39 is 15.9 Å². The molecule has 1 N–H and O–H groups in total. The molecule has 2 aromatic heterocycles. The third-order valence-electron chi connectivity index (χ3n) is 3.82. The lowest BCUT2D eigenvalue weighted by Crippen LogP contribution is -2.06.